The molecule has 1 aromatic carbocycles. The summed E-state index contributed by atoms with van der Waals surface area (Å²) in [5.74, 6) is 0.403. The Bertz CT molecular complexity index is 603. The number of hydrogen-bond acceptors (Lipinski definition) is 5. The molecule has 1 N–H and O–H groups in total. The molecule has 0 aliphatic carbocycles. The quantitative estimate of drug-likeness (QED) is 0.658. The minimum Gasteiger partial charge on any atom is -0.465 e. The van der Waals surface area contributed by atoms with E-state index in [1.165, 1.54) is 11.8 Å². The average Bonchev–Trinajstić information content (AvgIpc) is 2.87. The molecule has 0 aliphatic heterocycles. The van der Waals surface area contributed by atoms with E-state index in [9.17, 15) is 4.79 Å². The maximum Gasteiger partial charge on any atom is 0.319 e. The number of carbonyl (C=O) groups is 1. The zero-order valence-electron chi connectivity index (χ0n) is 11.1. The van der Waals surface area contributed by atoms with Crippen molar-refractivity contribution >= 4 is 33.7 Å². The summed E-state index contributed by atoms with van der Waals surface area (Å²) in [4.78, 5) is 15.9. The van der Waals surface area contributed by atoms with Gasteiger partial charge in [-0.1, -0.05) is 45.9 Å². The molecule has 7 heteroatoms. The fourth-order valence-electron chi connectivity index (χ4n) is 1.54. The van der Waals surface area contributed by atoms with E-state index in [0.717, 1.165) is 10.0 Å². The number of nitrogens with one attached hydrogen (secondary N) is 1. The summed E-state index contributed by atoms with van der Waals surface area (Å²) in [5.41, 5.74) is 0.927. The van der Waals surface area contributed by atoms with Gasteiger partial charge in [-0.3, -0.25) is 9.89 Å². The first-order valence-electron chi connectivity index (χ1n) is 6.12. The van der Waals surface area contributed by atoms with E-state index in [-0.39, 0.29) is 11.2 Å². The van der Waals surface area contributed by atoms with Crippen LogP contribution in [0.25, 0.3) is 11.4 Å². The molecule has 0 bridgehead atoms. The van der Waals surface area contributed by atoms with E-state index in [1.807, 2.05) is 24.3 Å². The number of aromatic amines is 1. The predicted octanol–water partition coefficient (Wildman–Crippen LogP) is 3.28. The Kier molecular flexibility index (Phi) is 5.19. The zero-order valence-corrected chi connectivity index (χ0v) is 13.5. The number of esters is 1. The molecule has 20 heavy (non-hydrogen) atoms. The lowest BCUT2D eigenvalue weighted by atomic mass is 10.2. The largest absolute Gasteiger partial charge is 0.465 e. The van der Waals surface area contributed by atoms with Gasteiger partial charge in [0.1, 0.15) is 5.25 Å². The molecule has 5 nitrogen and oxygen atoms in total. The number of halogens is 1. The fraction of sp³-hybridized carbons (Fsp3) is 0.308. The highest BCUT2D eigenvalue weighted by Gasteiger charge is 2.18. The molecule has 2 rings (SSSR count). The van der Waals surface area contributed by atoms with Gasteiger partial charge < -0.3 is 4.74 Å². The highest BCUT2D eigenvalue weighted by atomic mass is 79.9. The third kappa shape index (κ3) is 3.61. The summed E-state index contributed by atoms with van der Waals surface area (Å²) in [6, 6.07) is 7.73. The van der Waals surface area contributed by atoms with Gasteiger partial charge in [0, 0.05) is 10.0 Å². The number of rotatable bonds is 5. The number of thioether (sulfide) groups is 1. The van der Waals surface area contributed by atoms with Gasteiger partial charge in [0.2, 0.25) is 5.16 Å². The van der Waals surface area contributed by atoms with Crippen molar-refractivity contribution in [2.75, 3.05) is 6.61 Å². The van der Waals surface area contributed by atoms with Crippen LogP contribution in [-0.2, 0) is 9.53 Å². The summed E-state index contributed by atoms with van der Waals surface area (Å²) in [5, 5.41) is 7.18. The molecule has 2 aromatic rings. The molecule has 0 radical (unpaired) electrons. The Balaban J connectivity index is 2.10. The average molecular weight is 356 g/mol. The first-order chi connectivity index (χ1) is 9.61. The SMILES string of the molecule is CCOC(=O)[C@@H](C)Sc1n[nH]c(-c2ccccc2Br)n1. The summed E-state index contributed by atoms with van der Waals surface area (Å²) >= 11 is 4.74. The summed E-state index contributed by atoms with van der Waals surface area (Å²) in [6.45, 7) is 3.93. The molecule has 0 saturated carbocycles. The van der Waals surface area contributed by atoms with E-state index in [4.69, 9.17) is 4.74 Å². The Morgan fingerprint density at radius 1 is 1.50 bits per heavy atom. The monoisotopic (exact) mass is 355 g/mol. The number of H-pyrrole nitrogens is 1. The van der Waals surface area contributed by atoms with Gasteiger partial charge in [-0.2, -0.15) is 0 Å². The topological polar surface area (TPSA) is 67.9 Å². The first kappa shape index (κ1) is 15.1. The highest BCUT2D eigenvalue weighted by molar-refractivity contribution is 9.10. The second kappa shape index (κ2) is 6.90. The van der Waals surface area contributed by atoms with Crippen LogP contribution in [0.1, 0.15) is 13.8 Å². The van der Waals surface area contributed by atoms with Crippen LogP contribution in [0.4, 0.5) is 0 Å². The predicted molar refractivity (Wildman–Crippen MR) is 81.5 cm³/mol. The lowest BCUT2D eigenvalue weighted by molar-refractivity contribution is -0.142. The van der Waals surface area contributed by atoms with E-state index >= 15 is 0 Å². The van der Waals surface area contributed by atoms with Crippen LogP contribution in [0, 0.1) is 0 Å². The van der Waals surface area contributed by atoms with Crippen LogP contribution >= 0.6 is 27.7 Å². The van der Waals surface area contributed by atoms with Crippen LogP contribution in [0.2, 0.25) is 0 Å². The van der Waals surface area contributed by atoms with E-state index in [1.54, 1.807) is 13.8 Å². The maximum atomic E-state index is 11.6. The molecular formula is C13H14BrN3O2S. The molecule has 1 aromatic heterocycles. The Hall–Kier alpha value is -1.34. The van der Waals surface area contributed by atoms with Crippen molar-refractivity contribution in [2.45, 2.75) is 24.3 Å². The molecular weight excluding hydrogens is 342 g/mol. The lowest BCUT2D eigenvalue weighted by Crippen LogP contribution is -2.16. The van der Waals surface area contributed by atoms with Crippen molar-refractivity contribution in [1.29, 1.82) is 0 Å². The summed E-state index contributed by atoms with van der Waals surface area (Å²) < 4.78 is 5.89. The molecule has 106 valence electrons. The minimum atomic E-state index is -0.335. The van der Waals surface area contributed by atoms with Crippen molar-refractivity contribution in [2.24, 2.45) is 0 Å². The Morgan fingerprint density at radius 2 is 2.25 bits per heavy atom. The van der Waals surface area contributed by atoms with E-state index < -0.39 is 0 Å². The molecule has 0 spiro atoms. The lowest BCUT2D eigenvalue weighted by Gasteiger charge is -2.06. The molecule has 0 fully saturated rings. The summed E-state index contributed by atoms with van der Waals surface area (Å²) in [6.07, 6.45) is 0. The molecule has 1 heterocycles. The number of carbonyl (C=O) groups excluding carboxylic acids is 1. The minimum absolute atomic E-state index is 0.259. The van der Waals surface area contributed by atoms with Gasteiger partial charge in [-0.05, 0) is 19.9 Å². The van der Waals surface area contributed by atoms with Crippen molar-refractivity contribution in [1.82, 2.24) is 15.2 Å². The third-order valence-corrected chi connectivity index (χ3v) is 4.13. The number of nitrogens with zero attached hydrogens (tertiary/aromatic N) is 2. The van der Waals surface area contributed by atoms with Gasteiger partial charge in [-0.15, -0.1) is 5.10 Å². The van der Waals surface area contributed by atoms with Gasteiger partial charge in [0.05, 0.1) is 6.61 Å². The summed E-state index contributed by atoms with van der Waals surface area (Å²) in [7, 11) is 0. The smallest absolute Gasteiger partial charge is 0.319 e. The standard InChI is InChI=1S/C13H14BrN3O2S/c1-3-19-12(18)8(2)20-13-15-11(16-17-13)9-6-4-5-7-10(9)14/h4-8H,3H2,1-2H3,(H,15,16,17)/t8-/m1/s1. The van der Waals surface area contributed by atoms with Crippen molar-refractivity contribution in [3.05, 3.63) is 28.7 Å². The van der Waals surface area contributed by atoms with E-state index in [2.05, 4.69) is 31.1 Å². The van der Waals surface area contributed by atoms with Gasteiger partial charge in [-0.25, -0.2) is 4.98 Å². The number of hydrogen-bond donors (Lipinski definition) is 1. The van der Waals surface area contributed by atoms with Crippen molar-refractivity contribution < 1.29 is 9.53 Å². The van der Waals surface area contributed by atoms with Crippen LogP contribution in [-0.4, -0.2) is 33.0 Å². The number of aromatic nitrogens is 3. The Labute approximate surface area is 129 Å². The molecule has 0 unspecified atom stereocenters. The molecule has 0 saturated heterocycles. The van der Waals surface area contributed by atoms with Gasteiger partial charge in [0.25, 0.3) is 0 Å². The Morgan fingerprint density at radius 3 is 2.95 bits per heavy atom. The highest BCUT2D eigenvalue weighted by Crippen LogP contribution is 2.27. The second-order valence-corrected chi connectivity index (χ2v) is 6.12. The number of benzene rings is 1. The van der Waals surface area contributed by atoms with Crippen molar-refractivity contribution in [3.63, 3.8) is 0 Å². The molecule has 0 aliphatic rings. The van der Waals surface area contributed by atoms with Gasteiger partial charge in [0.15, 0.2) is 5.82 Å². The molecule has 0 amide bonds. The maximum absolute atomic E-state index is 11.6. The normalized spacial score (nSPS) is 12.2. The van der Waals surface area contributed by atoms with E-state index in [0.29, 0.717) is 17.6 Å². The van der Waals surface area contributed by atoms with Crippen LogP contribution < -0.4 is 0 Å². The van der Waals surface area contributed by atoms with Crippen molar-refractivity contribution in [3.8, 4) is 11.4 Å². The van der Waals surface area contributed by atoms with Crippen LogP contribution in [0.3, 0.4) is 0 Å². The van der Waals surface area contributed by atoms with Gasteiger partial charge >= 0.3 is 5.97 Å². The zero-order chi connectivity index (χ0) is 14.5. The second-order valence-electron chi connectivity index (χ2n) is 3.96. The van der Waals surface area contributed by atoms with Crippen LogP contribution in [0.15, 0.2) is 33.9 Å². The first-order valence-corrected chi connectivity index (χ1v) is 7.79. The fourth-order valence-corrected chi connectivity index (χ4v) is 2.73. The third-order valence-electron chi connectivity index (χ3n) is 2.49. The van der Waals surface area contributed by atoms with Crippen LogP contribution in [0.5, 0.6) is 0 Å². The number of ether oxygens (including phenoxy) is 1. The molecule has 1 atom stereocenters.